The molecule has 0 bridgehead atoms. The van der Waals surface area contributed by atoms with Crippen molar-refractivity contribution in [3.8, 4) is 5.75 Å². The summed E-state index contributed by atoms with van der Waals surface area (Å²) >= 11 is 0. The van der Waals surface area contributed by atoms with Gasteiger partial charge in [-0.3, -0.25) is 24.0 Å². The minimum absolute atomic E-state index is 0.0364. The van der Waals surface area contributed by atoms with Gasteiger partial charge >= 0.3 is 5.97 Å². The average Bonchev–Trinajstić information content (AvgIpc) is 3.68. The van der Waals surface area contributed by atoms with Gasteiger partial charge in [0.05, 0.1) is 31.6 Å². The Hall–Kier alpha value is -4.12. The maximum Gasteiger partial charge on any atom is 0.308 e. The van der Waals surface area contributed by atoms with Gasteiger partial charge in [-0.1, -0.05) is 67.0 Å². The number of esters is 1. The van der Waals surface area contributed by atoms with Crippen LogP contribution in [0.25, 0.3) is 0 Å². The predicted molar refractivity (Wildman–Crippen MR) is 219 cm³/mol. The Morgan fingerprint density at radius 1 is 0.983 bits per heavy atom. The first-order valence-corrected chi connectivity index (χ1v) is 20.5. The van der Waals surface area contributed by atoms with Crippen LogP contribution >= 0.6 is 0 Å². The number of aliphatic hydroxyl groups is 2. The number of hydrogen-bond donors (Lipinski definition) is 6. The van der Waals surface area contributed by atoms with E-state index in [9.17, 15) is 39.0 Å². The van der Waals surface area contributed by atoms with E-state index in [1.807, 2.05) is 27.7 Å². The first-order chi connectivity index (χ1) is 27.2. The monoisotopic (exact) mass is 819 g/mol. The number of aliphatic hydroxyl groups excluding tert-OH is 2. The number of ether oxygens (including phenoxy) is 2. The molecule has 0 radical (unpaired) electrons. The third-order valence-corrected chi connectivity index (χ3v) is 11.2. The number of benzene rings is 1. The summed E-state index contributed by atoms with van der Waals surface area (Å²) in [4.78, 5) is 83.4. The molecule has 0 saturated carbocycles. The molecule has 16 heteroatoms. The van der Waals surface area contributed by atoms with E-state index in [4.69, 9.17) is 20.9 Å². The molecule has 1 fully saturated rings. The molecular weight excluding hydrogens is 748 g/mol. The fourth-order valence-corrected chi connectivity index (χ4v) is 7.01. The quantitative estimate of drug-likeness (QED) is 0.0677. The number of nitrogens with one attached hydrogen (secondary N) is 2. The van der Waals surface area contributed by atoms with E-state index in [0.717, 1.165) is 5.56 Å². The molecule has 2 rings (SSSR count). The molecule has 0 spiro atoms. The van der Waals surface area contributed by atoms with Crippen LogP contribution in [-0.4, -0.2) is 131 Å². The number of likely N-dealkylation sites (tertiary alicyclic amines) is 1. The minimum Gasteiger partial charge on any atom is -0.497 e. The van der Waals surface area contributed by atoms with Crippen molar-refractivity contribution >= 4 is 35.9 Å². The molecule has 1 aromatic carbocycles. The highest BCUT2D eigenvalue weighted by atomic mass is 16.6. The lowest BCUT2D eigenvalue weighted by Gasteiger charge is -2.35. The van der Waals surface area contributed by atoms with E-state index in [2.05, 4.69) is 10.6 Å². The van der Waals surface area contributed by atoms with Crippen LogP contribution in [-0.2, 0) is 39.9 Å². The lowest BCUT2D eigenvalue weighted by Crippen LogP contribution is -2.59. The van der Waals surface area contributed by atoms with Gasteiger partial charge in [-0.25, -0.2) is 0 Å². The smallest absolute Gasteiger partial charge is 0.308 e. The maximum absolute atomic E-state index is 14.3. The summed E-state index contributed by atoms with van der Waals surface area (Å²) in [6, 6.07) is 1.60. The summed E-state index contributed by atoms with van der Waals surface area (Å²) in [7, 11) is 3.01. The highest BCUT2D eigenvalue weighted by Gasteiger charge is 2.43. The zero-order valence-electron chi connectivity index (χ0n) is 36.1. The van der Waals surface area contributed by atoms with Gasteiger partial charge < -0.3 is 56.4 Å². The summed E-state index contributed by atoms with van der Waals surface area (Å²) in [5.74, 6) is -4.00. The Kier molecular flexibility index (Phi) is 20.2. The fraction of sp³-hybridized carbons (Fsp3) is 0.714. The number of nitrogens with zero attached hydrogens (tertiary/aromatic N) is 2. The molecule has 0 unspecified atom stereocenters. The molecular formula is C42H70N6O10. The highest BCUT2D eigenvalue weighted by molar-refractivity contribution is 5.95. The zero-order valence-corrected chi connectivity index (χ0v) is 36.1. The Bertz CT molecular complexity index is 1510. The minimum atomic E-state index is -1.45. The molecule has 0 aliphatic carbocycles. The molecule has 0 aromatic heterocycles. The molecule has 1 heterocycles. The van der Waals surface area contributed by atoms with Crippen LogP contribution < -0.4 is 26.8 Å². The van der Waals surface area contributed by atoms with E-state index in [0.29, 0.717) is 31.3 Å². The SMILES string of the molecule is CC[C@H](C)[C@@H](N)[C@@H](O)CC(=O)O[C@@H](C(C)C)[C@@H](O)[C@H](C)C(=O)N[C@@H](CC(C)C)C(=O)N1CCC[C@H]1C(=O)N(C)[C@@H](Cc1ccc(OC)cc1)C(=O)N[C@H](C=O)[C@@H](C)N. The summed E-state index contributed by atoms with van der Waals surface area (Å²) in [5, 5.41) is 27.3. The largest absolute Gasteiger partial charge is 0.497 e. The summed E-state index contributed by atoms with van der Waals surface area (Å²) in [6.07, 6.45) is -1.70. The topological polar surface area (TPSA) is 244 Å². The highest BCUT2D eigenvalue weighted by Crippen LogP contribution is 2.25. The molecule has 11 atom stereocenters. The molecule has 8 N–H and O–H groups in total. The number of nitrogens with two attached hydrogens (primary N) is 2. The predicted octanol–water partition coefficient (Wildman–Crippen LogP) is 1.31. The Morgan fingerprint density at radius 3 is 2.12 bits per heavy atom. The normalized spacial score (nSPS) is 19.4. The van der Waals surface area contributed by atoms with Gasteiger partial charge in [0.2, 0.25) is 23.6 Å². The van der Waals surface area contributed by atoms with Crippen LogP contribution in [0.3, 0.4) is 0 Å². The van der Waals surface area contributed by atoms with Crippen molar-refractivity contribution in [1.29, 1.82) is 0 Å². The molecule has 4 amide bonds. The second kappa shape index (κ2) is 23.5. The van der Waals surface area contributed by atoms with E-state index in [-0.39, 0.29) is 37.6 Å². The summed E-state index contributed by atoms with van der Waals surface area (Å²) in [6.45, 7) is 14.3. The molecule has 58 heavy (non-hydrogen) atoms. The van der Waals surface area contributed by atoms with Gasteiger partial charge in [0.25, 0.3) is 0 Å². The van der Waals surface area contributed by atoms with E-state index in [1.165, 1.54) is 30.9 Å². The van der Waals surface area contributed by atoms with Gasteiger partial charge in [0, 0.05) is 32.1 Å². The Balaban J connectivity index is 2.30. The van der Waals surface area contributed by atoms with Crippen LogP contribution in [0.5, 0.6) is 5.75 Å². The number of rotatable bonds is 23. The zero-order chi connectivity index (χ0) is 44.0. The number of amides is 4. The molecule has 1 aromatic rings. The van der Waals surface area contributed by atoms with E-state index < -0.39 is 96.0 Å². The number of hydrogen-bond acceptors (Lipinski definition) is 12. The third-order valence-electron chi connectivity index (χ3n) is 11.2. The van der Waals surface area contributed by atoms with Gasteiger partial charge in [-0.05, 0) is 61.6 Å². The second-order valence-corrected chi connectivity index (χ2v) is 16.6. The second-order valence-electron chi connectivity index (χ2n) is 16.6. The lowest BCUT2D eigenvalue weighted by molar-refractivity contribution is -0.166. The van der Waals surface area contributed by atoms with Crippen molar-refractivity contribution in [2.45, 2.75) is 148 Å². The van der Waals surface area contributed by atoms with Crippen LogP contribution in [0.1, 0.15) is 93.1 Å². The summed E-state index contributed by atoms with van der Waals surface area (Å²) in [5.41, 5.74) is 12.7. The standard InChI is InChI=1S/C42H70N6O10/c1-11-25(6)36(44)34(50)21-35(51)58-38(24(4)5)37(52)26(7)39(53)45-30(19-23(2)3)41(55)48-18-12-13-32(48)42(56)47(9)33(40(54)46-31(22-49)27(8)43)20-28-14-16-29(57-10)17-15-28/h14-17,22-27,30-34,36-38,50,52H,11-13,18-21,43-44H2,1-10H3,(H,45,53)(H,46,54)/t25-,26-,27+,30-,31+,32-,33-,34-,36+,37-,38-/m0/s1. The van der Waals surface area contributed by atoms with Gasteiger partial charge in [-0.15, -0.1) is 0 Å². The van der Waals surface area contributed by atoms with Crippen LogP contribution in [0.15, 0.2) is 24.3 Å². The van der Waals surface area contributed by atoms with Crippen molar-refractivity contribution in [3.05, 3.63) is 29.8 Å². The van der Waals surface area contributed by atoms with Gasteiger partial charge in [-0.2, -0.15) is 0 Å². The lowest BCUT2D eigenvalue weighted by atomic mass is 9.91. The average molecular weight is 819 g/mol. The van der Waals surface area contributed by atoms with Crippen molar-refractivity contribution in [1.82, 2.24) is 20.4 Å². The van der Waals surface area contributed by atoms with Crippen LogP contribution in [0.2, 0.25) is 0 Å². The van der Waals surface area contributed by atoms with E-state index in [1.54, 1.807) is 45.0 Å². The molecule has 16 nitrogen and oxygen atoms in total. The first-order valence-electron chi connectivity index (χ1n) is 20.5. The summed E-state index contributed by atoms with van der Waals surface area (Å²) < 4.78 is 10.9. The molecule has 1 aliphatic rings. The van der Waals surface area contributed by atoms with Crippen molar-refractivity contribution in [2.24, 2.45) is 35.1 Å². The fourth-order valence-electron chi connectivity index (χ4n) is 7.01. The van der Waals surface area contributed by atoms with Gasteiger partial charge in [0.1, 0.15) is 42.4 Å². The van der Waals surface area contributed by atoms with Crippen molar-refractivity contribution in [3.63, 3.8) is 0 Å². The van der Waals surface area contributed by atoms with Crippen LogP contribution in [0.4, 0.5) is 0 Å². The molecule has 1 saturated heterocycles. The van der Waals surface area contributed by atoms with Gasteiger partial charge in [0.15, 0.2) is 0 Å². The number of methoxy groups -OCH3 is 1. The number of likely N-dealkylation sites (N-methyl/N-ethyl adjacent to an activating group) is 1. The molecule has 1 aliphatic heterocycles. The van der Waals surface area contributed by atoms with Crippen molar-refractivity contribution in [2.75, 3.05) is 20.7 Å². The first kappa shape index (κ1) is 50.0. The van der Waals surface area contributed by atoms with Crippen LogP contribution in [0, 0.1) is 23.7 Å². The Labute approximate surface area is 344 Å². The number of carbonyl (C=O) groups excluding carboxylic acids is 6. The number of aldehydes is 1. The Morgan fingerprint density at radius 2 is 1.60 bits per heavy atom. The maximum atomic E-state index is 14.3. The van der Waals surface area contributed by atoms with E-state index >= 15 is 0 Å². The third kappa shape index (κ3) is 14.0. The molecule has 328 valence electrons. The number of carbonyl (C=O) groups is 6. The van der Waals surface area contributed by atoms with Crippen molar-refractivity contribution < 1.29 is 48.5 Å².